The van der Waals surface area contributed by atoms with Crippen LogP contribution in [0.4, 0.5) is 0 Å². The van der Waals surface area contributed by atoms with Gasteiger partial charge in [0.2, 0.25) is 6.20 Å². The second kappa shape index (κ2) is 7.24. The van der Waals surface area contributed by atoms with Crippen LogP contribution in [0.15, 0.2) is 53.1 Å². The van der Waals surface area contributed by atoms with Crippen LogP contribution in [-0.2, 0) is 6.61 Å². The normalized spacial score (nSPS) is 10.8. The van der Waals surface area contributed by atoms with Gasteiger partial charge >= 0.3 is 0 Å². The highest BCUT2D eigenvalue weighted by molar-refractivity contribution is 9.10. The van der Waals surface area contributed by atoms with E-state index in [1.54, 1.807) is 30.3 Å². The van der Waals surface area contributed by atoms with Crippen molar-refractivity contribution in [3.05, 3.63) is 79.4 Å². The number of rotatable bonds is 5. The van der Waals surface area contributed by atoms with Crippen LogP contribution in [-0.4, -0.2) is 4.92 Å². The first-order valence-electron chi connectivity index (χ1n) is 6.03. The Morgan fingerprint density at radius 1 is 1.24 bits per heavy atom. The topological polar surface area (TPSA) is 52.4 Å². The van der Waals surface area contributed by atoms with E-state index in [9.17, 15) is 10.1 Å². The standard InChI is InChI=1S/C15H11BrClNO3/c16-14-9-11(7-8-18(19)20)3-6-15(14)21-10-12-1-4-13(17)5-2-12/h1-9H,10H2/b8-7+. The van der Waals surface area contributed by atoms with E-state index in [4.69, 9.17) is 16.3 Å². The van der Waals surface area contributed by atoms with Gasteiger partial charge in [-0.1, -0.05) is 29.8 Å². The van der Waals surface area contributed by atoms with Crippen LogP contribution in [0, 0.1) is 10.1 Å². The van der Waals surface area contributed by atoms with Crippen LogP contribution in [0.1, 0.15) is 11.1 Å². The first kappa shape index (κ1) is 15.5. The van der Waals surface area contributed by atoms with Gasteiger partial charge in [0.25, 0.3) is 0 Å². The molecule has 21 heavy (non-hydrogen) atoms. The third kappa shape index (κ3) is 4.88. The van der Waals surface area contributed by atoms with E-state index in [1.165, 1.54) is 6.08 Å². The maximum atomic E-state index is 10.3. The van der Waals surface area contributed by atoms with Gasteiger partial charge in [0, 0.05) is 11.1 Å². The molecule has 0 heterocycles. The number of ether oxygens (including phenoxy) is 1. The Balaban J connectivity index is 2.04. The van der Waals surface area contributed by atoms with Crippen LogP contribution in [0.25, 0.3) is 6.08 Å². The Kier molecular flexibility index (Phi) is 5.36. The Bertz CT molecular complexity index is 671. The van der Waals surface area contributed by atoms with Gasteiger partial charge in [-0.2, -0.15) is 0 Å². The summed E-state index contributed by atoms with van der Waals surface area (Å²) in [6.07, 6.45) is 2.32. The summed E-state index contributed by atoms with van der Waals surface area (Å²) in [7, 11) is 0. The lowest BCUT2D eigenvalue weighted by atomic mass is 10.2. The molecule has 0 spiro atoms. The minimum Gasteiger partial charge on any atom is -0.488 e. The summed E-state index contributed by atoms with van der Waals surface area (Å²) in [4.78, 5) is 9.78. The zero-order chi connectivity index (χ0) is 15.2. The van der Waals surface area contributed by atoms with Gasteiger partial charge in [0.05, 0.1) is 9.40 Å². The molecule has 0 bridgehead atoms. The molecular weight excluding hydrogens is 358 g/mol. The monoisotopic (exact) mass is 367 g/mol. The number of hydrogen-bond donors (Lipinski definition) is 0. The highest BCUT2D eigenvalue weighted by atomic mass is 79.9. The van der Waals surface area contributed by atoms with E-state index in [2.05, 4.69) is 15.9 Å². The van der Waals surface area contributed by atoms with Gasteiger partial charge in [0.1, 0.15) is 12.4 Å². The summed E-state index contributed by atoms with van der Waals surface area (Å²) in [5.74, 6) is 0.670. The molecule has 0 aromatic heterocycles. The molecule has 0 saturated carbocycles. The molecule has 0 aliphatic carbocycles. The average molecular weight is 369 g/mol. The maximum Gasteiger partial charge on any atom is 0.235 e. The maximum absolute atomic E-state index is 10.3. The van der Waals surface area contributed by atoms with Crippen LogP contribution < -0.4 is 4.74 Å². The van der Waals surface area contributed by atoms with Crippen LogP contribution in [0.5, 0.6) is 5.75 Å². The molecule has 0 radical (unpaired) electrons. The van der Waals surface area contributed by atoms with Crippen molar-refractivity contribution >= 4 is 33.6 Å². The molecule has 4 nitrogen and oxygen atoms in total. The molecule has 0 unspecified atom stereocenters. The quantitative estimate of drug-likeness (QED) is 0.555. The van der Waals surface area contributed by atoms with Gasteiger partial charge in [-0.25, -0.2) is 0 Å². The van der Waals surface area contributed by atoms with Gasteiger partial charge < -0.3 is 4.74 Å². The van der Waals surface area contributed by atoms with Gasteiger partial charge in [-0.3, -0.25) is 10.1 Å². The summed E-state index contributed by atoms with van der Waals surface area (Å²) in [5, 5.41) is 11.0. The minimum atomic E-state index is -0.501. The third-order valence-corrected chi connectivity index (χ3v) is 3.52. The molecule has 0 amide bonds. The minimum absolute atomic E-state index is 0.417. The highest BCUT2D eigenvalue weighted by Gasteiger charge is 2.03. The molecule has 0 N–H and O–H groups in total. The zero-order valence-corrected chi connectivity index (χ0v) is 13.2. The van der Waals surface area contributed by atoms with Crippen molar-refractivity contribution < 1.29 is 9.66 Å². The molecule has 6 heteroatoms. The SMILES string of the molecule is O=[N+]([O-])/C=C/c1ccc(OCc2ccc(Cl)cc2)c(Br)c1. The summed E-state index contributed by atoms with van der Waals surface area (Å²) in [5.41, 5.74) is 1.72. The van der Waals surface area contributed by atoms with Crippen molar-refractivity contribution in [1.82, 2.24) is 0 Å². The molecule has 0 aliphatic heterocycles. The van der Waals surface area contributed by atoms with E-state index in [0.29, 0.717) is 17.4 Å². The van der Waals surface area contributed by atoms with Crippen molar-refractivity contribution in [2.24, 2.45) is 0 Å². The van der Waals surface area contributed by atoms with E-state index in [1.807, 2.05) is 12.1 Å². The molecular formula is C15H11BrClNO3. The smallest absolute Gasteiger partial charge is 0.235 e. The lowest BCUT2D eigenvalue weighted by molar-refractivity contribution is -0.400. The number of halogens is 2. The number of nitro groups is 1. The molecule has 108 valence electrons. The second-order valence-corrected chi connectivity index (χ2v) is 5.50. The fourth-order valence-corrected chi connectivity index (χ4v) is 2.26. The van der Waals surface area contributed by atoms with E-state index in [0.717, 1.165) is 21.8 Å². The lowest BCUT2D eigenvalue weighted by Gasteiger charge is -2.09. The summed E-state index contributed by atoms with van der Waals surface area (Å²) >= 11 is 9.21. The Labute approximate surface area is 135 Å². The average Bonchev–Trinajstić information content (AvgIpc) is 2.46. The predicted molar refractivity (Wildman–Crippen MR) is 86.0 cm³/mol. The highest BCUT2D eigenvalue weighted by Crippen LogP contribution is 2.27. The lowest BCUT2D eigenvalue weighted by Crippen LogP contribution is -1.96. The Morgan fingerprint density at radius 3 is 2.57 bits per heavy atom. The number of benzene rings is 2. The predicted octanol–water partition coefficient (Wildman–Crippen LogP) is 4.93. The molecule has 0 fully saturated rings. The third-order valence-electron chi connectivity index (χ3n) is 2.65. The summed E-state index contributed by atoms with van der Waals surface area (Å²) < 4.78 is 6.43. The number of hydrogen-bond acceptors (Lipinski definition) is 3. The molecule has 0 aliphatic rings. The summed E-state index contributed by atoms with van der Waals surface area (Å²) in [6, 6.07) is 12.7. The van der Waals surface area contributed by atoms with Crippen molar-refractivity contribution in [3.63, 3.8) is 0 Å². The van der Waals surface area contributed by atoms with Gasteiger partial charge in [0.15, 0.2) is 0 Å². The number of nitrogens with zero attached hydrogens (tertiary/aromatic N) is 1. The first-order chi connectivity index (χ1) is 10.0. The second-order valence-electron chi connectivity index (χ2n) is 4.21. The van der Waals surface area contributed by atoms with Crippen LogP contribution in [0.2, 0.25) is 5.02 Å². The van der Waals surface area contributed by atoms with E-state index < -0.39 is 4.92 Å². The first-order valence-corrected chi connectivity index (χ1v) is 7.20. The Hall–Kier alpha value is -1.85. The fourth-order valence-electron chi connectivity index (χ4n) is 1.63. The van der Waals surface area contributed by atoms with Crippen molar-refractivity contribution in [3.8, 4) is 5.75 Å². The van der Waals surface area contributed by atoms with E-state index in [-0.39, 0.29) is 0 Å². The molecule has 2 rings (SSSR count). The largest absolute Gasteiger partial charge is 0.488 e. The van der Waals surface area contributed by atoms with Crippen LogP contribution >= 0.6 is 27.5 Å². The van der Waals surface area contributed by atoms with Gasteiger partial charge in [-0.15, -0.1) is 0 Å². The molecule has 0 saturated heterocycles. The van der Waals surface area contributed by atoms with Crippen LogP contribution in [0.3, 0.4) is 0 Å². The van der Waals surface area contributed by atoms with Crippen molar-refractivity contribution in [2.45, 2.75) is 6.61 Å². The van der Waals surface area contributed by atoms with E-state index >= 15 is 0 Å². The Morgan fingerprint density at radius 2 is 1.95 bits per heavy atom. The van der Waals surface area contributed by atoms with Crippen molar-refractivity contribution in [2.75, 3.05) is 0 Å². The molecule has 0 atom stereocenters. The molecule has 2 aromatic rings. The van der Waals surface area contributed by atoms with Crippen molar-refractivity contribution in [1.29, 1.82) is 0 Å². The zero-order valence-electron chi connectivity index (χ0n) is 10.8. The molecule has 2 aromatic carbocycles. The summed E-state index contributed by atoms with van der Waals surface area (Å²) in [6.45, 7) is 0.417. The fraction of sp³-hybridized carbons (Fsp3) is 0.0667. The van der Waals surface area contributed by atoms with Gasteiger partial charge in [-0.05, 0) is 51.3 Å².